The van der Waals surface area contributed by atoms with Crippen molar-refractivity contribution in [1.29, 1.82) is 0 Å². The predicted molar refractivity (Wildman–Crippen MR) is 127 cm³/mol. The third-order valence-corrected chi connectivity index (χ3v) is 5.68. The molecule has 2 heterocycles. The molecule has 3 N–H and O–H groups in total. The second-order valence-electron chi connectivity index (χ2n) is 8.41. The van der Waals surface area contributed by atoms with Gasteiger partial charge in [0.25, 0.3) is 0 Å². The highest BCUT2D eigenvalue weighted by Crippen LogP contribution is 2.35. The zero-order chi connectivity index (χ0) is 26.5. The van der Waals surface area contributed by atoms with Crippen LogP contribution in [0.25, 0.3) is 0 Å². The average molecular weight is 515 g/mol. The fourth-order valence-corrected chi connectivity index (χ4v) is 3.71. The van der Waals surface area contributed by atoms with Gasteiger partial charge < -0.3 is 25.4 Å². The number of aryl methyl sites for hydroxylation is 1. The van der Waals surface area contributed by atoms with Crippen LogP contribution in [0.15, 0.2) is 60.9 Å². The number of rotatable bonds is 7. The van der Waals surface area contributed by atoms with E-state index in [0.29, 0.717) is 17.1 Å². The molecule has 1 fully saturated rings. The van der Waals surface area contributed by atoms with Gasteiger partial charge in [-0.25, -0.2) is 14.8 Å². The van der Waals surface area contributed by atoms with Gasteiger partial charge in [0.05, 0.1) is 30.3 Å². The molecule has 1 aliphatic heterocycles. The summed E-state index contributed by atoms with van der Waals surface area (Å²) in [7, 11) is 0. The third kappa shape index (κ3) is 6.53. The monoisotopic (exact) mass is 515 g/mol. The molecule has 12 heteroatoms. The van der Waals surface area contributed by atoms with Gasteiger partial charge >= 0.3 is 12.3 Å². The van der Waals surface area contributed by atoms with E-state index in [9.17, 15) is 22.8 Å². The first-order valence-corrected chi connectivity index (χ1v) is 11.3. The van der Waals surface area contributed by atoms with Gasteiger partial charge in [-0.1, -0.05) is 24.3 Å². The van der Waals surface area contributed by atoms with Crippen molar-refractivity contribution in [3.63, 3.8) is 0 Å². The van der Waals surface area contributed by atoms with E-state index >= 15 is 0 Å². The van der Waals surface area contributed by atoms with E-state index in [1.807, 2.05) is 0 Å². The van der Waals surface area contributed by atoms with Crippen molar-refractivity contribution in [3.8, 4) is 5.75 Å². The van der Waals surface area contributed by atoms with Crippen LogP contribution in [-0.2, 0) is 22.3 Å². The Kier molecular flexibility index (Phi) is 7.58. The number of hydrogen-bond acceptors (Lipinski definition) is 7. The number of anilines is 2. The maximum atomic E-state index is 13.2. The van der Waals surface area contributed by atoms with Gasteiger partial charge in [-0.15, -0.1) is 0 Å². The molecule has 0 radical (unpaired) electrons. The number of hydrogen-bond donors (Lipinski definition) is 3. The molecule has 9 nitrogen and oxygen atoms in total. The first kappa shape index (κ1) is 25.9. The summed E-state index contributed by atoms with van der Waals surface area (Å²) in [5.74, 6) is 0.190. The summed E-state index contributed by atoms with van der Waals surface area (Å²) < 4.78 is 50.2. The molecular formula is C25H24F3N5O4. The van der Waals surface area contributed by atoms with Gasteiger partial charge in [-0.2, -0.15) is 13.2 Å². The molecule has 1 aromatic heterocycles. The quantitative estimate of drug-likeness (QED) is 0.434. The summed E-state index contributed by atoms with van der Waals surface area (Å²) in [6.45, 7) is 2.07. The van der Waals surface area contributed by atoms with Crippen LogP contribution in [0.1, 0.15) is 23.4 Å². The number of carbonyl (C=O) groups is 2. The number of nitrogens with one attached hydrogen (secondary N) is 3. The number of halogens is 3. The van der Waals surface area contributed by atoms with E-state index in [4.69, 9.17) is 9.47 Å². The molecule has 4 rings (SSSR count). The van der Waals surface area contributed by atoms with Crippen molar-refractivity contribution >= 4 is 23.4 Å². The Bertz CT molecular complexity index is 1240. The van der Waals surface area contributed by atoms with Gasteiger partial charge in [0, 0.05) is 25.3 Å². The SMILES string of the molecule is Cc1ncc(OC(=O)N[C@@]2(C(=O)NCc3ccc(Nc4ccccc4C(F)(F)F)cc3)CCOC2)cn1. The fraction of sp³-hybridized carbons (Fsp3) is 0.280. The highest BCUT2D eigenvalue weighted by Gasteiger charge is 2.44. The van der Waals surface area contributed by atoms with E-state index in [0.717, 1.165) is 6.07 Å². The summed E-state index contributed by atoms with van der Waals surface area (Å²) in [6, 6.07) is 11.8. The van der Waals surface area contributed by atoms with Crippen LogP contribution >= 0.6 is 0 Å². The van der Waals surface area contributed by atoms with Gasteiger partial charge in [0.2, 0.25) is 5.91 Å². The van der Waals surface area contributed by atoms with Crippen LogP contribution in [0.4, 0.5) is 29.3 Å². The number of para-hydroxylation sites is 1. The smallest absolute Gasteiger partial charge is 0.407 e. The topological polar surface area (TPSA) is 114 Å². The van der Waals surface area contributed by atoms with Gasteiger partial charge in [-0.3, -0.25) is 4.79 Å². The number of alkyl halides is 3. The second kappa shape index (κ2) is 10.8. The molecule has 0 spiro atoms. The molecular weight excluding hydrogens is 491 g/mol. The largest absolute Gasteiger partial charge is 0.418 e. The van der Waals surface area contributed by atoms with E-state index in [-0.39, 0.29) is 37.6 Å². The molecule has 3 aromatic rings. The van der Waals surface area contributed by atoms with Crippen molar-refractivity contribution in [3.05, 3.63) is 77.9 Å². The Morgan fingerprint density at radius 1 is 1.08 bits per heavy atom. The van der Waals surface area contributed by atoms with Crippen molar-refractivity contribution < 1.29 is 32.2 Å². The molecule has 37 heavy (non-hydrogen) atoms. The minimum atomic E-state index is -4.48. The number of aromatic nitrogens is 2. The first-order valence-electron chi connectivity index (χ1n) is 11.3. The maximum Gasteiger partial charge on any atom is 0.418 e. The Balaban J connectivity index is 1.35. The summed E-state index contributed by atoms with van der Waals surface area (Å²) in [5, 5.41) is 8.14. The van der Waals surface area contributed by atoms with Crippen molar-refractivity contribution in [2.24, 2.45) is 0 Å². The second-order valence-corrected chi connectivity index (χ2v) is 8.41. The Labute approximate surface area is 210 Å². The zero-order valence-electron chi connectivity index (χ0n) is 19.8. The lowest BCUT2D eigenvalue weighted by Crippen LogP contribution is -2.59. The Morgan fingerprint density at radius 3 is 2.43 bits per heavy atom. The van der Waals surface area contributed by atoms with Crippen LogP contribution in [-0.4, -0.2) is 40.7 Å². The summed E-state index contributed by atoms with van der Waals surface area (Å²) >= 11 is 0. The molecule has 0 aliphatic carbocycles. The minimum Gasteiger partial charge on any atom is -0.407 e. The molecule has 1 atom stereocenters. The number of benzene rings is 2. The Hall–Kier alpha value is -4.19. The van der Waals surface area contributed by atoms with Crippen LogP contribution in [0, 0.1) is 6.92 Å². The van der Waals surface area contributed by atoms with Gasteiger partial charge in [0.1, 0.15) is 11.4 Å². The minimum absolute atomic E-state index is 0.0280. The van der Waals surface area contributed by atoms with Crippen molar-refractivity contribution in [2.75, 3.05) is 18.5 Å². The number of ether oxygens (including phenoxy) is 2. The Morgan fingerprint density at radius 2 is 1.78 bits per heavy atom. The first-order chi connectivity index (χ1) is 17.6. The van der Waals surface area contributed by atoms with Crippen molar-refractivity contribution in [2.45, 2.75) is 31.6 Å². The standard InChI is InChI=1S/C25H24F3N5O4/c1-16-29-13-19(14-30-16)37-23(35)33-24(10-11-36-15-24)22(34)31-12-17-6-8-18(9-7-17)32-21-5-3-2-4-20(21)25(26,27)28/h2-9,13-14,32H,10-12,15H2,1H3,(H,31,34)(H,33,35)/t24-/m0/s1. The van der Waals surface area contributed by atoms with Crippen molar-refractivity contribution in [1.82, 2.24) is 20.6 Å². The lowest BCUT2D eigenvalue weighted by Gasteiger charge is -2.27. The molecule has 0 unspecified atom stereocenters. The predicted octanol–water partition coefficient (Wildman–Crippen LogP) is 4.11. The van der Waals surface area contributed by atoms with E-state index in [2.05, 4.69) is 25.9 Å². The molecule has 1 saturated heterocycles. The molecule has 2 amide bonds. The molecule has 194 valence electrons. The lowest BCUT2D eigenvalue weighted by molar-refractivity contribution is -0.137. The maximum absolute atomic E-state index is 13.2. The summed E-state index contributed by atoms with van der Waals surface area (Å²) in [4.78, 5) is 33.3. The highest BCUT2D eigenvalue weighted by molar-refractivity contribution is 5.90. The molecule has 1 aliphatic rings. The average Bonchev–Trinajstić information content (AvgIpc) is 3.34. The highest BCUT2D eigenvalue weighted by atomic mass is 19.4. The van der Waals surface area contributed by atoms with E-state index in [1.54, 1.807) is 31.2 Å². The van der Waals surface area contributed by atoms with Crippen LogP contribution in [0.2, 0.25) is 0 Å². The molecule has 0 saturated carbocycles. The van der Waals surface area contributed by atoms with Crippen LogP contribution in [0.3, 0.4) is 0 Å². The number of amides is 2. The van der Waals surface area contributed by atoms with E-state index < -0.39 is 29.3 Å². The number of nitrogens with zero attached hydrogens (tertiary/aromatic N) is 2. The summed E-state index contributed by atoms with van der Waals surface area (Å²) in [6.07, 6.45) is -2.38. The number of carbonyl (C=O) groups excluding carboxylic acids is 2. The van der Waals surface area contributed by atoms with E-state index in [1.165, 1.54) is 30.6 Å². The fourth-order valence-electron chi connectivity index (χ4n) is 3.71. The normalized spacial score (nSPS) is 17.2. The molecule has 2 aromatic carbocycles. The van der Waals surface area contributed by atoms with Crippen LogP contribution < -0.4 is 20.7 Å². The third-order valence-electron chi connectivity index (χ3n) is 5.68. The zero-order valence-corrected chi connectivity index (χ0v) is 19.8. The van der Waals surface area contributed by atoms with Crippen LogP contribution in [0.5, 0.6) is 5.75 Å². The molecule has 0 bridgehead atoms. The summed E-state index contributed by atoms with van der Waals surface area (Å²) in [5.41, 5.74) is -0.982. The van der Waals surface area contributed by atoms with Gasteiger partial charge in [0.15, 0.2) is 5.75 Å². The lowest BCUT2D eigenvalue weighted by atomic mass is 9.97. The van der Waals surface area contributed by atoms with Gasteiger partial charge in [-0.05, 0) is 36.8 Å².